The van der Waals surface area contributed by atoms with Crippen molar-refractivity contribution in [1.82, 2.24) is 0 Å². The van der Waals surface area contributed by atoms with E-state index < -0.39 is 7.60 Å². The van der Waals surface area contributed by atoms with E-state index in [-0.39, 0.29) is 6.16 Å². The molecule has 120 valence electrons. The molecule has 0 saturated carbocycles. The second kappa shape index (κ2) is 14.1. The van der Waals surface area contributed by atoms with Crippen molar-refractivity contribution >= 4 is 7.60 Å². The fraction of sp³-hybridized carbons (Fsp3) is 0.529. The topological polar surface area (TPSA) is 46.5 Å². The molecule has 0 heterocycles. The Morgan fingerprint density at radius 3 is 1.95 bits per heavy atom. The van der Waals surface area contributed by atoms with Crippen molar-refractivity contribution in [3.05, 3.63) is 48.6 Å². The first kappa shape index (κ1) is 20.1. The standard InChI is InChI=1S/C17H29O3P/c1-3-4-5-6-7-8-9-10-11-12-13-14-15-16-17-21(18,19)20-2/h3-4,6-7,9-10,12-13H,5,8,11,14-17H2,1-2H3,(H,18,19)/b4-3-,7-6-,10-9-,13-12-. The van der Waals surface area contributed by atoms with Gasteiger partial charge in [0.2, 0.25) is 0 Å². The van der Waals surface area contributed by atoms with Gasteiger partial charge in [-0.05, 0) is 45.4 Å². The van der Waals surface area contributed by atoms with Gasteiger partial charge in [0.05, 0.1) is 0 Å². The maximum atomic E-state index is 11.2. The summed E-state index contributed by atoms with van der Waals surface area (Å²) in [6, 6.07) is 0. The average molecular weight is 312 g/mol. The highest BCUT2D eigenvalue weighted by molar-refractivity contribution is 7.52. The summed E-state index contributed by atoms with van der Waals surface area (Å²) in [7, 11) is -2.02. The van der Waals surface area contributed by atoms with E-state index in [0.29, 0.717) is 0 Å². The molecule has 0 fully saturated rings. The Hall–Kier alpha value is -0.890. The molecule has 0 rings (SSSR count). The van der Waals surface area contributed by atoms with Gasteiger partial charge in [-0.2, -0.15) is 0 Å². The van der Waals surface area contributed by atoms with Crippen LogP contribution in [0.3, 0.4) is 0 Å². The van der Waals surface area contributed by atoms with Crippen molar-refractivity contribution in [3.8, 4) is 0 Å². The minimum atomic E-state index is -3.30. The maximum absolute atomic E-state index is 11.2. The molecule has 1 N–H and O–H groups in total. The highest BCUT2D eigenvalue weighted by atomic mass is 31.2. The number of allylic oxidation sites excluding steroid dienone is 8. The van der Waals surface area contributed by atoms with Crippen LogP contribution in [0.25, 0.3) is 0 Å². The maximum Gasteiger partial charge on any atom is 0.327 e. The van der Waals surface area contributed by atoms with E-state index >= 15 is 0 Å². The highest BCUT2D eigenvalue weighted by Crippen LogP contribution is 2.41. The van der Waals surface area contributed by atoms with Crippen molar-refractivity contribution in [2.75, 3.05) is 13.3 Å². The van der Waals surface area contributed by atoms with Gasteiger partial charge in [-0.1, -0.05) is 48.6 Å². The van der Waals surface area contributed by atoms with Gasteiger partial charge in [0.1, 0.15) is 0 Å². The van der Waals surface area contributed by atoms with Crippen LogP contribution in [0.1, 0.15) is 45.4 Å². The molecule has 0 spiro atoms. The fourth-order valence-electron chi connectivity index (χ4n) is 1.64. The molecule has 21 heavy (non-hydrogen) atoms. The Morgan fingerprint density at radius 1 is 0.905 bits per heavy atom. The van der Waals surface area contributed by atoms with Gasteiger partial charge in [-0.3, -0.25) is 4.57 Å². The van der Waals surface area contributed by atoms with Crippen molar-refractivity contribution < 1.29 is 14.0 Å². The molecule has 0 saturated heterocycles. The summed E-state index contributed by atoms with van der Waals surface area (Å²) in [5.74, 6) is 0. The molecule has 0 aliphatic heterocycles. The summed E-state index contributed by atoms with van der Waals surface area (Å²) >= 11 is 0. The monoisotopic (exact) mass is 312 g/mol. The minimum absolute atomic E-state index is 0.247. The molecule has 0 aromatic carbocycles. The zero-order valence-electron chi connectivity index (χ0n) is 13.3. The lowest BCUT2D eigenvalue weighted by molar-refractivity contribution is 0.314. The van der Waals surface area contributed by atoms with Crippen LogP contribution < -0.4 is 0 Å². The van der Waals surface area contributed by atoms with Crippen molar-refractivity contribution in [1.29, 1.82) is 0 Å². The lowest BCUT2D eigenvalue weighted by atomic mass is 10.2. The first-order chi connectivity index (χ1) is 10.1. The predicted molar refractivity (Wildman–Crippen MR) is 91.6 cm³/mol. The lowest BCUT2D eigenvalue weighted by Gasteiger charge is -2.06. The van der Waals surface area contributed by atoms with Crippen LogP contribution in [0.4, 0.5) is 0 Å². The summed E-state index contributed by atoms with van der Waals surface area (Å²) < 4.78 is 15.7. The quantitative estimate of drug-likeness (QED) is 0.298. The van der Waals surface area contributed by atoms with Gasteiger partial charge in [0, 0.05) is 13.3 Å². The second-order valence-corrected chi connectivity index (χ2v) is 6.82. The van der Waals surface area contributed by atoms with Crippen LogP contribution in [-0.2, 0) is 9.09 Å². The molecular formula is C17H29O3P. The van der Waals surface area contributed by atoms with Gasteiger partial charge in [0.15, 0.2) is 0 Å². The number of hydrogen-bond donors (Lipinski definition) is 1. The summed E-state index contributed by atoms with van der Waals surface area (Å²) in [4.78, 5) is 9.21. The van der Waals surface area contributed by atoms with E-state index in [0.717, 1.165) is 38.5 Å². The molecule has 0 bridgehead atoms. The lowest BCUT2D eigenvalue weighted by Crippen LogP contribution is -1.90. The minimum Gasteiger partial charge on any atom is -0.324 e. The Balaban J connectivity index is 3.48. The van der Waals surface area contributed by atoms with Gasteiger partial charge in [-0.25, -0.2) is 0 Å². The smallest absolute Gasteiger partial charge is 0.324 e. The molecule has 0 aromatic rings. The van der Waals surface area contributed by atoms with E-state index in [9.17, 15) is 9.46 Å². The average Bonchev–Trinajstić information content (AvgIpc) is 2.47. The van der Waals surface area contributed by atoms with Crippen molar-refractivity contribution in [2.24, 2.45) is 0 Å². The predicted octanol–water partition coefficient (Wildman–Crippen LogP) is 5.40. The molecule has 0 aromatic heterocycles. The van der Waals surface area contributed by atoms with E-state index in [1.165, 1.54) is 7.11 Å². The van der Waals surface area contributed by atoms with Gasteiger partial charge >= 0.3 is 7.60 Å². The Morgan fingerprint density at radius 2 is 1.43 bits per heavy atom. The van der Waals surface area contributed by atoms with Gasteiger partial charge < -0.3 is 9.42 Å². The molecular weight excluding hydrogens is 283 g/mol. The number of rotatable bonds is 12. The number of unbranched alkanes of at least 4 members (excludes halogenated alkanes) is 2. The second-order valence-electron chi connectivity index (χ2n) is 4.73. The zero-order valence-corrected chi connectivity index (χ0v) is 14.2. The van der Waals surface area contributed by atoms with Crippen LogP contribution >= 0.6 is 7.60 Å². The van der Waals surface area contributed by atoms with Crippen LogP contribution in [0.2, 0.25) is 0 Å². The van der Waals surface area contributed by atoms with Crippen molar-refractivity contribution in [2.45, 2.75) is 45.4 Å². The van der Waals surface area contributed by atoms with Crippen LogP contribution in [0.5, 0.6) is 0 Å². The summed E-state index contributed by atoms with van der Waals surface area (Å²) in [5, 5.41) is 0. The van der Waals surface area contributed by atoms with Crippen molar-refractivity contribution in [3.63, 3.8) is 0 Å². The normalized spacial score (nSPS) is 15.8. The summed E-state index contributed by atoms with van der Waals surface area (Å²) in [6.45, 7) is 2.03. The largest absolute Gasteiger partial charge is 0.327 e. The number of hydrogen-bond acceptors (Lipinski definition) is 2. The molecule has 0 aliphatic carbocycles. The molecule has 1 atom stereocenters. The Labute approximate surface area is 129 Å². The first-order valence-electron chi connectivity index (χ1n) is 7.56. The zero-order chi connectivity index (χ0) is 15.8. The highest BCUT2D eigenvalue weighted by Gasteiger charge is 2.14. The Kier molecular flexibility index (Phi) is 13.5. The molecule has 1 unspecified atom stereocenters. The van der Waals surface area contributed by atoms with Crippen LogP contribution in [0.15, 0.2) is 48.6 Å². The summed E-state index contributed by atoms with van der Waals surface area (Å²) in [5.41, 5.74) is 0. The van der Waals surface area contributed by atoms with Crippen LogP contribution in [0, 0.1) is 0 Å². The molecule has 4 heteroatoms. The Bertz CT molecular complexity index is 395. The molecule has 0 amide bonds. The van der Waals surface area contributed by atoms with E-state index in [1.54, 1.807) is 0 Å². The third-order valence-corrected chi connectivity index (χ3v) is 4.35. The van der Waals surface area contributed by atoms with E-state index in [4.69, 9.17) is 0 Å². The molecule has 0 radical (unpaired) electrons. The molecule has 3 nitrogen and oxygen atoms in total. The van der Waals surface area contributed by atoms with E-state index in [1.807, 2.05) is 6.92 Å². The third kappa shape index (κ3) is 15.3. The molecule has 0 aliphatic rings. The first-order valence-corrected chi connectivity index (χ1v) is 9.32. The SMILES string of the molecule is C/C=C\C/C=C\C/C=C\C/C=C\CCCCP(=O)(O)OC. The summed E-state index contributed by atoms with van der Waals surface area (Å²) in [6.07, 6.45) is 22.9. The fourth-order valence-corrected chi connectivity index (χ4v) is 2.44. The van der Waals surface area contributed by atoms with Gasteiger partial charge in [-0.15, -0.1) is 0 Å². The van der Waals surface area contributed by atoms with E-state index in [2.05, 4.69) is 53.1 Å². The van der Waals surface area contributed by atoms with Crippen LogP contribution in [-0.4, -0.2) is 18.2 Å². The third-order valence-electron chi connectivity index (χ3n) is 2.90. The van der Waals surface area contributed by atoms with Gasteiger partial charge in [0.25, 0.3) is 0 Å².